The Hall–Kier alpha value is -1.88. The van der Waals surface area contributed by atoms with Gasteiger partial charge >= 0.3 is 0 Å². The molecule has 1 aromatic rings. The number of anilines is 1. The summed E-state index contributed by atoms with van der Waals surface area (Å²) in [5.41, 5.74) is 0.567. The number of benzene rings is 1. The van der Waals surface area contributed by atoms with Crippen molar-refractivity contribution >= 4 is 17.5 Å². The highest BCUT2D eigenvalue weighted by Gasteiger charge is 2.23. The molecule has 1 aromatic carbocycles. The normalized spacial score (nSPS) is 18.3. The van der Waals surface area contributed by atoms with E-state index in [4.69, 9.17) is 0 Å². The minimum absolute atomic E-state index is 0.103. The Bertz CT molecular complexity index is 558. The molecule has 23 heavy (non-hydrogen) atoms. The summed E-state index contributed by atoms with van der Waals surface area (Å²) >= 11 is 0. The van der Waals surface area contributed by atoms with Crippen LogP contribution in [0.2, 0.25) is 0 Å². The largest absolute Gasteiger partial charge is 0.352 e. The van der Waals surface area contributed by atoms with E-state index in [0.717, 1.165) is 25.9 Å². The maximum atomic E-state index is 12.5. The quantitative estimate of drug-likeness (QED) is 0.798. The predicted octanol–water partition coefficient (Wildman–Crippen LogP) is 2.40. The van der Waals surface area contributed by atoms with Crippen molar-refractivity contribution in [2.45, 2.75) is 33.6 Å². The van der Waals surface area contributed by atoms with Crippen LogP contribution in [0, 0.1) is 11.3 Å². The first-order valence-corrected chi connectivity index (χ1v) is 8.27. The van der Waals surface area contributed by atoms with E-state index in [0.29, 0.717) is 23.7 Å². The number of carbonyl (C=O) groups excluding carboxylic acids is 2. The molecular weight excluding hydrogens is 290 g/mol. The first-order valence-electron chi connectivity index (χ1n) is 8.27. The number of hydrogen-bond donors (Lipinski definition) is 3. The van der Waals surface area contributed by atoms with Gasteiger partial charge in [-0.25, -0.2) is 0 Å². The molecule has 0 aromatic heterocycles. The number of piperidine rings is 1. The highest BCUT2D eigenvalue weighted by Crippen LogP contribution is 2.20. The fraction of sp³-hybridized carbons (Fsp3) is 0.556. The minimum Gasteiger partial charge on any atom is -0.352 e. The minimum atomic E-state index is -0.503. The van der Waals surface area contributed by atoms with Gasteiger partial charge in [-0.15, -0.1) is 0 Å². The highest BCUT2D eigenvalue weighted by atomic mass is 16.2. The van der Waals surface area contributed by atoms with Crippen LogP contribution in [0.25, 0.3) is 0 Å². The van der Waals surface area contributed by atoms with E-state index in [9.17, 15) is 9.59 Å². The third-order valence-electron chi connectivity index (χ3n) is 4.05. The van der Waals surface area contributed by atoms with Crippen LogP contribution in [-0.4, -0.2) is 31.4 Å². The van der Waals surface area contributed by atoms with Crippen LogP contribution in [-0.2, 0) is 4.79 Å². The van der Waals surface area contributed by atoms with E-state index in [1.807, 2.05) is 32.9 Å². The summed E-state index contributed by atoms with van der Waals surface area (Å²) in [6.45, 7) is 8.21. The molecule has 0 spiro atoms. The van der Waals surface area contributed by atoms with Crippen molar-refractivity contribution in [1.29, 1.82) is 0 Å². The first-order chi connectivity index (χ1) is 10.9. The Morgan fingerprint density at radius 2 is 2.00 bits per heavy atom. The van der Waals surface area contributed by atoms with Gasteiger partial charge < -0.3 is 16.0 Å². The van der Waals surface area contributed by atoms with Gasteiger partial charge in [0, 0.05) is 12.0 Å². The van der Waals surface area contributed by atoms with Crippen LogP contribution in [0.5, 0.6) is 0 Å². The fourth-order valence-corrected chi connectivity index (χ4v) is 2.53. The van der Waals surface area contributed by atoms with Crippen molar-refractivity contribution in [2.24, 2.45) is 11.3 Å². The number of carbonyl (C=O) groups is 2. The molecule has 5 heteroatoms. The van der Waals surface area contributed by atoms with E-state index in [-0.39, 0.29) is 11.8 Å². The molecule has 1 aliphatic rings. The molecular formula is C18H27N3O2. The summed E-state index contributed by atoms with van der Waals surface area (Å²) < 4.78 is 0. The number of para-hydroxylation sites is 1. The third-order valence-corrected chi connectivity index (χ3v) is 4.05. The molecule has 1 fully saturated rings. The third kappa shape index (κ3) is 5.06. The Morgan fingerprint density at radius 1 is 1.26 bits per heavy atom. The van der Waals surface area contributed by atoms with Crippen molar-refractivity contribution in [1.82, 2.24) is 10.6 Å². The second-order valence-corrected chi connectivity index (χ2v) is 7.17. The first kappa shape index (κ1) is 17.5. The average molecular weight is 317 g/mol. The lowest BCUT2D eigenvalue weighted by Crippen LogP contribution is -2.38. The second kappa shape index (κ2) is 7.59. The van der Waals surface area contributed by atoms with E-state index < -0.39 is 5.41 Å². The van der Waals surface area contributed by atoms with Crippen LogP contribution in [0.15, 0.2) is 24.3 Å². The van der Waals surface area contributed by atoms with Gasteiger partial charge in [-0.1, -0.05) is 32.9 Å². The smallest absolute Gasteiger partial charge is 0.253 e. The van der Waals surface area contributed by atoms with Crippen molar-refractivity contribution < 1.29 is 9.59 Å². The number of amides is 2. The molecule has 1 heterocycles. The number of nitrogens with one attached hydrogen (secondary N) is 3. The Morgan fingerprint density at radius 3 is 2.65 bits per heavy atom. The molecule has 0 bridgehead atoms. The molecule has 1 saturated heterocycles. The maximum Gasteiger partial charge on any atom is 0.253 e. The zero-order valence-electron chi connectivity index (χ0n) is 14.2. The van der Waals surface area contributed by atoms with E-state index in [1.54, 1.807) is 12.1 Å². The lowest BCUT2D eigenvalue weighted by atomic mass is 9.95. The maximum absolute atomic E-state index is 12.5. The van der Waals surface area contributed by atoms with E-state index in [2.05, 4.69) is 16.0 Å². The van der Waals surface area contributed by atoms with Crippen molar-refractivity contribution in [3.05, 3.63) is 29.8 Å². The SMILES string of the molecule is CC(C)(C)C(=O)Nc1ccccc1C(=O)NCC1CCCNC1. The van der Waals surface area contributed by atoms with Crippen molar-refractivity contribution in [3.63, 3.8) is 0 Å². The van der Waals surface area contributed by atoms with Gasteiger partial charge in [-0.2, -0.15) is 0 Å². The van der Waals surface area contributed by atoms with Gasteiger partial charge in [-0.05, 0) is 44.0 Å². The van der Waals surface area contributed by atoms with Gasteiger partial charge in [0.25, 0.3) is 5.91 Å². The molecule has 0 saturated carbocycles. The fourth-order valence-electron chi connectivity index (χ4n) is 2.53. The topological polar surface area (TPSA) is 70.2 Å². The standard InChI is InChI=1S/C18H27N3O2/c1-18(2,3)17(23)21-15-9-5-4-8-14(15)16(22)20-12-13-7-6-10-19-11-13/h4-5,8-9,13,19H,6-7,10-12H2,1-3H3,(H,20,22)(H,21,23). The van der Waals surface area contributed by atoms with Crippen molar-refractivity contribution in [3.8, 4) is 0 Å². The summed E-state index contributed by atoms with van der Waals surface area (Å²) in [6, 6.07) is 7.14. The van der Waals surface area contributed by atoms with Crippen LogP contribution in [0.4, 0.5) is 5.69 Å². The lowest BCUT2D eigenvalue weighted by Gasteiger charge is -2.23. The van der Waals surface area contributed by atoms with Gasteiger partial charge in [0.05, 0.1) is 11.3 Å². The highest BCUT2D eigenvalue weighted by molar-refractivity contribution is 6.04. The average Bonchev–Trinajstić information content (AvgIpc) is 2.53. The lowest BCUT2D eigenvalue weighted by molar-refractivity contribution is -0.123. The summed E-state index contributed by atoms with van der Waals surface area (Å²) in [5.74, 6) is 0.235. The van der Waals surface area contributed by atoms with Crippen LogP contribution in [0.3, 0.4) is 0 Å². The van der Waals surface area contributed by atoms with Crippen molar-refractivity contribution in [2.75, 3.05) is 25.0 Å². The monoisotopic (exact) mass is 317 g/mol. The second-order valence-electron chi connectivity index (χ2n) is 7.17. The van der Waals surface area contributed by atoms with Crippen LogP contribution < -0.4 is 16.0 Å². The zero-order valence-corrected chi connectivity index (χ0v) is 14.2. The molecule has 1 unspecified atom stereocenters. The molecule has 5 nitrogen and oxygen atoms in total. The molecule has 3 N–H and O–H groups in total. The van der Waals surface area contributed by atoms with Gasteiger partial charge in [0.1, 0.15) is 0 Å². The predicted molar refractivity (Wildman–Crippen MR) is 92.5 cm³/mol. The zero-order chi connectivity index (χ0) is 16.9. The van der Waals surface area contributed by atoms with Crippen LogP contribution in [0.1, 0.15) is 44.0 Å². The number of rotatable bonds is 4. The molecule has 0 aliphatic carbocycles. The van der Waals surface area contributed by atoms with Gasteiger partial charge in [-0.3, -0.25) is 9.59 Å². The summed E-state index contributed by atoms with van der Waals surface area (Å²) in [5, 5.41) is 9.19. The summed E-state index contributed by atoms with van der Waals surface area (Å²) in [6.07, 6.45) is 2.29. The summed E-state index contributed by atoms with van der Waals surface area (Å²) in [4.78, 5) is 24.6. The molecule has 2 amide bonds. The van der Waals surface area contributed by atoms with E-state index >= 15 is 0 Å². The molecule has 1 aliphatic heterocycles. The van der Waals surface area contributed by atoms with Gasteiger partial charge in [0.15, 0.2) is 0 Å². The van der Waals surface area contributed by atoms with Gasteiger partial charge in [0.2, 0.25) is 5.91 Å². The van der Waals surface area contributed by atoms with Crippen LogP contribution >= 0.6 is 0 Å². The number of hydrogen-bond acceptors (Lipinski definition) is 3. The Balaban J connectivity index is 2.00. The Labute approximate surface area is 138 Å². The molecule has 1 atom stereocenters. The van der Waals surface area contributed by atoms with E-state index in [1.165, 1.54) is 0 Å². The summed E-state index contributed by atoms with van der Waals surface area (Å²) in [7, 11) is 0. The Kier molecular flexibility index (Phi) is 5.77. The molecule has 126 valence electrons. The molecule has 2 rings (SSSR count). The molecule has 0 radical (unpaired) electrons.